The minimum atomic E-state index is -0.574. The Kier molecular flexibility index (Phi) is 5.88. The second-order valence-electron chi connectivity index (χ2n) is 9.56. The molecule has 0 saturated heterocycles. The SMILES string of the molecule is CC(C)(C)OC(=O)N1CCc2sc(-c3ncc(F)c(Nc4ccc5c(c4)C=CCC5=O)n3)cc2C1. The number of carbonyl (C=O) groups excluding carboxylic acids is 2. The number of rotatable bonds is 3. The molecule has 7 nitrogen and oxygen atoms in total. The van der Waals surface area contributed by atoms with Gasteiger partial charge in [-0.05, 0) is 62.6 Å². The molecule has 3 aromatic rings. The summed E-state index contributed by atoms with van der Waals surface area (Å²) in [7, 11) is 0. The van der Waals surface area contributed by atoms with Gasteiger partial charge in [0.25, 0.3) is 0 Å². The molecule has 1 N–H and O–H groups in total. The molecule has 9 heteroatoms. The number of nitrogens with one attached hydrogen (secondary N) is 1. The number of Topliss-reactive ketones (excluding diaryl/α,β-unsaturated/α-hetero) is 1. The summed E-state index contributed by atoms with van der Waals surface area (Å²) in [4.78, 5) is 36.8. The van der Waals surface area contributed by atoms with Crippen LogP contribution < -0.4 is 5.32 Å². The maximum absolute atomic E-state index is 14.6. The molecule has 3 heterocycles. The third-order valence-electron chi connectivity index (χ3n) is 5.70. The number of hydrogen-bond donors (Lipinski definition) is 1. The van der Waals surface area contributed by atoms with Crippen LogP contribution in [0.2, 0.25) is 0 Å². The van der Waals surface area contributed by atoms with Crippen molar-refractivity contribution in [2.24, 2.45) is 0 Å². The normalized spacial score (nSPS) is 15.0. The maximum Gasteiger partial charge on any atom is 0.410 e. The molecule has 180 valence electrons. The van der Waals surface area contributed by atoms with E-state index in [-0.39, 0.29) is 17.7 Å². The quantitative estimate of drug-likeness (QED) is 0.484. The topological polar surface area (TPSA) is 84.4 Å². The van der Waals surface area contributed by atoms with E-state index in [9.17, 15) is 14.0 Å². The van der Waals surface area contributed by atoms with Crippen molar-refractivity contribution in [3.05, 3.63) is 63.9 Å². The van der Waals surface area contributed by atoms with Gasteiger partial charge in [-0.3, -0.25) is 4.79 Å². The predicted molar refractivity (Wildman–Crippen MR) is 133 cm³/mol. The van der Waals surface area contributed by atoms with Gasteiger partial charge in [0.1, 0.15) is 5.60 Å². The summed E-state index contributed by atoms with van der Waals surface area (Å²) in [5, 5.41) is 3.02. The van der Waals surface area contributed by atoms with Gasteiger partial charge in [-0.25, -0.2) is 19.2 Å². The number of anilines is 2. The van der Waals surface area contributed by atoms with E-state index in [0.717, 1.165) is 27.1 Å². The zero-order valence-corrected chi connectivity index (χ0v) is 20.5. The average Bonchev–Trinajstić information content (AvgIpc) is 3.23. The standard InChI is InChI=1S/C26H25FN4O3S/c1-26(2,3)34-25(33)31-10-9-21-16(14-31)12-22(35-21)24-28-13-19(27)23(30-24)29-17-7-8-18-15(11-17)5-4-6-20(18)32/h4-5,7-8,11-13H,6,9-10,14H2,1-3H3,(H,28,29,30). The first-order chi connectivity index (χ1) is 16.7. The van der Waals surface area contributed by atoms with E-state index in [4.69, 9.17) is 4.74 Å². The number of allylic oxidation sites excluding steroid dienone is 1. The zero-order valence-electron chi connectivity index (χ0n) is 19.7. The Hall–Kier alpha value is -3.59. The number of ketones is 1. The van der Waals surface area contributed by atoms with Gasteiger partial charge in [-0.2, -0.15) is 0 Å². The second-order valence-corrected chi connectivity index (χ2v) is 10.7. The lowest BCUT2D eigenvalue weighted by Gasteiger charge is -2.29. The van der Waals surface area contributed by atoms with Gasteiger partial charge in [0, 0.05) is 29.1 Å². The Labute approximate surface area is 206 Å². The summed E-state index contributed by atoms with van der Waals surface area (Å²) >= 11 is 1.55. The molecular formula is C26H25FN4O3S. The Balaban J connectivity index is 1.36. The lowest BCUT2D eigenvalue weighted by molar-refractivity contribution is 0.0225. The Morgan fingerprint density at radius 3 is 2.89 bits per heavy atom. The number of thiophene rings is 1. The lowest BCUT2D eigenvalue weighted by atomic mass is 9.96. The molecule has 0 atom stereocenters. The molecule has 0 unspecified atom stereocenters. The van der Waals surface area contributed by atoms with Gasteiger partial charge >= 0.3 is 6.09 Å². The summed E-state index contributed by atoms with van der Waals surface area (Å²) in [5.41, 5.74) is 2.56. The molecule has 0 bridgehead atoms. The molecule has 2 aromatic heterocycles. The fourth-order valence-electron chi connectivity index (χ4n) is 4.07. The number of benzene rings is 1. The van der Waals surface area contributed by atoms with Crippen LogP contribution in [0.4, 0.5) is 20.7 Å². The highest BCUT2D eigenvalue weighted by atomic mass is 32.1. The number of hydrogen-bond acceptors (Lipinski definition) is 7. The molecule has 0 fully saturated rings. The first-order valence-corrected chi connectivity index (χ1v) is 12.2. The fraction of sp³-hybridized carbons (Fsp3) is 0.308. The highest BCUT2D eigenvalue weighted by Gasteiger charge is 2.27. The van der Waals surface area contributed by atoms with Crippen LogP contribution in [-0.2, 0) is 17.7 Å². The van der Waals surface area contributed by atoms with Crippen LogP contribution in [0, 0.1) is 5.82 Å². The smallest absolute Gasteiger partial charge is 0.410 e. The van der Waals surface area contributed by atoms with Crippen LogP contribution in [-0.4, -0.2) is 38.9 Å². The van der Waals surface area contributed by atoms with E-state index in [1.165, 1.54) is 0 Å². The summed E-state index contributed by atoms with van der Waals surface area (Å²) in [6, 6.07) is 7.25. The number of aromatic nitrogens is 2. The molecule has 0 spiro atoms. The van der Waals surface area contributed by atoms with Gasteiger partial charge < -0.3 is 15.0 Å². The predicted octanol–water partition coefficient (Wildman–Crippen LogP) is 5.98. The van der Waals surface area contributed by atoms with Crippen LogP contribution in [0.25, 0.3) is 16.8 Å². The second kappa shape index (κ2) is 8.88. The maximum atomic E-state index is 14.6. The van der Waals surface area contributed by atoms with Gasteiger partial charge in [0.05, 0.1) is 17.6 Å². The van der Waals surface area contributed by atoms with E-state index in [2.05, 4.69) is 15.3 Å². The van der Waals surface area contributed by atoms with Crippen molar-refractivity contribution in [1.29, 1.82) is 0 Å². The van der Waals surface area contributed by atoms with Crippen LogP contribution in [0.5, 0.6) is 0 Å². The van der Waals surface area contributed by atoms with Crippen LogP contribution in [0.1, 0.15) is 53.6 Å². The van der Waals surface area contributed by atoms with Gasteiger partial charge in [-0.1, -0.05) is 12.2 Å². The van der Waals surface area contributed by atoms with Crippen molar-refractivity contribution in [2.45, 2.75) is 45.8 Å². The van der Waals surface area contributed by atoms with Gasteiger partial charge in [0.2, 0.25) is 0 Å². The number of ether oxygens (including phenoxy) is 1. The molecule has 1 aliphatic heterocycles. The first kappa shape index (κ1) is 23.2. The van der Waals surface area contributed by atoms with E-state index in [1.54, 1.807) is 34.4 Å². The molecule has 35 heavy (non-hydrogen) atoms. The van der Waals surface area contributed by atoms with E-state index in [1.807, 2.05) is 39.0 Å². The summed E-state index contributed by atoms with van der Waals surface area (Å²) in [6.07, 6.45) is 5.64. The molecule has 1 aromatic carbocycles. The highest BCUT2D eigenvalue weighted by molar-refractivity contribution is 7.15. The minimum absolute atomic E-state index is 0.0582. The van der Waals surface area contributed by atoms with Crippen molar-refractivity contribution < 1.29 is 18.7 Å². The number of carbonyl (C=O) groups is 2. The Morgan fingerprint density at radius 1 is 1.26 bits per heavy atom. The van der Waals surface area contributed by atoms with E-state index >= 15 is 0 Å². The Bertz CT molecular complexity index is 1360. The summed E-state index contributed by atoms with van der Waals surface area (Å²) < 4.78 is 20.1. The van der Waals surface area contributed by atoms with Crippen LogP contribution in [0.3, 0.4) is 0 Å². The van der Waals surface area contributed by atoms with Gasteiger partial charge in [-0.15, -0.1) is 11.3 Å². The Morgan fingerprint density at radius 2 is 2.09 bits per heavy atom. The monoisotopic (exact) mass is 492 g/mol. The first-order valence-electron chi connectivity index (χ1n) is 11.4. The molecule has 5 rings (SSSR count). The minimum Gasteiger partial charge on any atom is -0.444 e. The lowest BCUT2D eigenvalue weighted by Crippen LogP contribution is -2.39. The fourth-order valence-corrected chi connectivity index (χ4v) is 5.18. The van der Waals surface area contributed by atoms with E-state index in [0.29, 0.717) is 43.0 Å². The number of nitrogens with zero attached hydrogens (tertiary/aromatic N) is 3. The van der Waals surface area contributed by atoms with Crippen molar-refractivity contribution >= 4 is 40.8 Å². The summed E-state index contributed by atoms with van der Waals surface area (Å²) in [5.74, 6) is -0.0417. The van der Waals surface area contributed by atoms with Crippen LogP contribution >= 0.6 is 11.3 Å². The van der Waals surface area contributed by atoms with Crippen LogP contribution in [0.15, 0.2) is 36.5 Å². The highest BCUT2D eigenvalue weighted by Crippen LogP contribution is 2.34. The third kappa shape index (κ3) is 4.95. The zero-order chi connectivity index (χ0) is 24.7. The summed E-state index contributed by atoms with van der Waals surface area (Å²) in [6.45, 7) is 6.57. The molecule has 1 amide bonds. The van der Waals surface area contributed by atoms with Crippen molar-refractivity contribution in [1.82, 2.24) is 14.9 Å². The number of amides is 1. The van der Waals surface area contributed by atoms with Crippen molar-refractivity contribution in [3.8, 4) is 10.7 Å². The van der Waals surface area contributed by atoms with Gasteiger partial charge in [0.15, 0.2) is 23.2 Å². The molecular weight excluding hydrogens is 467 g/mol. The van der Waals surface area contributed by atoms with E-state index < -0.39 is 11.4 Å². The molecule has 1 aliphatic carbocycles. The molecule has 0 saturated carbocycles. The molecule has 2 aliphatic rings. The van der Waals surface area contributed by atoms with Crippen molar-refractivity contribution in [2.75, 3.05) is 11.9 Å². The number of halogens is 1. The van der Waals surface area contributed by atoms with Crippen molar-refractivity contribution in [3.63, 3.8) is 0 Å². The largest absolute Gasteiger partial charge is 0.444 e. The average molecular weight is 493 g/mol. The number of fused-ring (bicyclic) bond motifs is 2. The third-order valence-corrected chi connectivity index (χ3v) is 6.93. The molecule has 0 radical (unpaired) electrons.